The molecule has 6 aromatic rings. The van der Waals surface area contributed by atoms with Gasteiger partial charge in [0, 0.05) is 52.3 Å². The zero-order chi connectivity index (χ0) is 34.6. The van der Waals surface area contributed by atoms with Crippen LogP contribution in [0.15, 0.2) is 90.1 Å². The number of fused-ring (bicyclic) bond motifs is 3. The van der Waals surface area contributed by atoms with Crippen LogP contribution in [0.1, 0.15) is 76.4 Å². The molecule has 7 rings (SSSR count). The van der Waals surface area contributed by atoms with Crippen LogP contribution in [0.2, 0.25) is 0 Å². The number of rotatable bonds is 8. The van der Waals surface area contributed by atoms with Crippen LogP contribution < -0.4 is 9.47 Å². The first-order valence-electron chi connectivity index (χ1n) is 17.7. The van der Waals surface area contributed by atoms with E-state index in [1.54, 1.807) is 13.3 Å². The number of hydrogen-bond acceptors (Lipinski definition) is 4. The number of benzene rings is 3. The van der Waals surface area contributed by atoms with Crippen molar-refractivity contribution in [2.24, 2.45) is 17.8 Å². The summed E-state index contributed by atoms with van der Waals surface area (Å²) in [4.78, 5) is 4.72. The van der Waals surface area contributed by atoms with Crippen LogP contribution in [0.5, 0.6) is 17.2 Å². The summed E-state index contributed by atoms with van der Waals surface area (Å²) >= 11 is 0. The number of aromatic nitrogens is 4. The van der Waals surface area contributed by atoms with Crippen molar-refractivity contribution in [1.29, 1.82) is 0 Å². The van der Waals surface area contributed by atoms with Crippen LogP contribution in [-0.2, 0) is 6.42 Å². The third-order valence-corrected chi connectivity index (χ3v) is 11.4. The number of hydrogen-bond donors (Lipinski definition) is 0. The molecule has 49 heavy (non-hydrogen) atoms. The summed E-state index contributed by atoms with van der Waals surface area (Å²) in [6, 6.07) is 25.2. The van der Waals surface area contributed by atoms with Crippen molar-refractivity contribution in [2.75, 3.05) is 7.11 Å². The number of ether oxygens (including phenoxy) is 2. The largest absolute Gasteiger partial charge is 0.497 e. The highest BCUT2D eigenvalue weighted by Crippen LogP contribution is 2.48. The topological polar surface area (TPSA) is 54.1 Å². The Hall–Kier alpha value is -4.84. The highest BCUT2D eigenvalue weighted by Gasteiger charge is 2.38. The smallest absolute Gasteiger partial charge is 0.141 e. The molecule has 1 unspecified atom stereocenters. The fraction of sp³-hybridized carbons (Fsp3) is 0.349. The minimum Gasteiger partial charge on any atom is -0.497 e. The van der Waals surface area contributed by atoms with Gasteiger partial charge in [-0.05, 0) is 93.8 Å². The predicted molar refractivity (Wildman–Crippen MR) is 201 cm³/mol. The molecule has 0 saturated heterocycles. The molecule has 1 aliphatic rings. The van der Waals surface area contributed by atoms with E-state index in [2.05, 4.69) is 125 Å². The third-order valence-electron chi connectivity index (χ3n) is 11.4. The average Bonchev–Trinajstić information content (AvgIpc) is 3.59. The fourth-order valence-electron chi connectivity index (χ4n) is 8.29. The van der Waals surface area contributed by atoms with Crippen LogP contribution in [-0.4, -0.2) is 26.4 Å². The van der Waals surface area contributed by atoms with Crippen LogP contribution >= 0.6 is 0 Å². The Morgan fingerprint density at radius 2 is 1.53 bits per heavy atom. The molecule has 252 valence electrons. The lowest BCUT2D eigenvalue weighted by Crippen LogP contribution is -2.30. The lowest BCUT2D eigenvalue weighted by molar-refractivity contribution is 0.256. The number of allylic oxidation sites excluding steroid dienone is 2. The van der Waals surface area contributed by atoms with Gasteiger partial charge in [-0.25, -0.2) is 9.67 Å². The van der Waals surface area contributed by atoms with Gasteiger partial charge in [-0.2, -0.15) is 5.10 Å². The van der Waals surface area contributed by atoms with Crippen molar-refractivity contribution in [2.45, 2.75) is 74.1 Å². The molecule has 0 aliphatic heterocycles. The van der Waals surface area contributed by atoms with Gasteiger partial charge in [0.05, 0.1) is 29.5 Å². The number of pyridine rings is 1. The first-order valence-corrected chi connectivity index (χ1v) is 17.7. The molecule has 3 aromatic heterocycles. The summed E-state index contributed by atoms with van der Waals surface area (Å²) in [7, 11) is 1.68. The maximum absolute atomic E-state index is 6.73. The normalized spacial score (nSPS) is 19.6. The summed E-state index contributed by atoms with van der Waals surface area (Å²) in [5.41, 5.74) is 11.1. The van der Waals surface area contributed by atoms with Gasteiger partial charge in [-0.15, -0.1) is 0 Å². The Labute approximate surface area is 290 Å². The predicted octanol–water partition coefficient (Wildman–Crippen LogP) is 11.1. The monoisotopic (exact) mass is 652 g/mol. The van der Waals surface area contributed by atoms with Gasteiger partial charge in [0.2, 0.25) is 0 Å². The van der Waals surface area contributed by atoms with E-state index in [1.165, 1.54) is 28.0 Å². The van der Waals surface area contributed by atoms with E-state index < -0.39 is 0 Å². The summed E-state index contributed by atoms with van der Waals surface area (Å²) in [5, 5.41) is 7.49. The molecule has 0 fully saturated rings. The van der Waals surface area contributed by atoms with Gasteiger partial charge in [-0.1, -0.05) is 63.5 Å². The average molecular weight is 653 g/mol. The molecule has 4 atom stereocenters. The molecule has 6 nitrogen and oxygen atoms in total. The first-order chi connectivity index (χ1) is 23.6. The van der Waals surface area contributed by atoms with E-state index in [1.807, 2.05) is 12.1 Å². The van der Waals surface area contributed by atoms with Crippen molar-refractivity contribution < 1.29 is 9.47 Å². The van der Waals surface area contributed by atoms with Crippen LogP contribution in [0, 0.1) is 31.6 Å². The van der Waals surface area contributed by atoms with Gasteiger partial charge in [0.15, 0.2) is 0 Å². The minimum atomic E-state index is 0.368. The maximum atomic E-state index is 6.73. The van der Waals surface area contributed by atoms with Crippen LogP contribution in [0.4, 0.5) is 0 Å². The van der Waals surface area contributed by atoms with Crippen LogP contribution in [0.25, 0.3) is 33.3 Å². The van der Waals surface area contributed by atoms with E-state index in [-0.39, 0.29) is 0 Å². The van der Waals surface area contributed by atoms with E-state index in [4.69, 9.17) is 19.6 Å². The van der Waals surface area contributed by atoms with Gasteiger partial charge in [-0.3, -0.25) is 4.57 Å². The third kappa shape index (κ3) is 5.61. The Morgan fingerprint density at radius 3 is 2.31 bits per heavy atom. The summed E-state index contributed by atoms with van der Waals surface area (Å²) in [6.45, 7) is 18.5. The van der Waals surface area contributed by atoms with Gasteiger partial charge < -0.3 is 9.47 Å². The summed E-state index contributed by atoms with van der Waals surface area (Å²) < 4.78 is 16.6. The van der Waals surface area contributed by atoms with Crippen molar-refractivity contribution >= 4 is 21.8 Å². The lowest BCUT2D eigenvalue weighted by Gasteiger charge is -2.40. The number of nitrogens with zero attached hydrogens (tertiary/aromatic N) is 4. The zero-order valence-corrected chi connectivity index (χ0v) is 30.3. The second-order valence-corrected chi connectivity index (χ2v) is 14.1. The SMILES string of the molecule is CCCc1cc(Oc2ccc3c4ccccc4n(-c4cc(OC)ccn4)c3c2)cc(-n2nc(C)c(C3C(C)=C(C)[C@H](C)[C@H](C)[C@@H]3C)c2C)c1. The van der Waals surface area contributed by atoms with Crippen molar-refractivity contribution in [1.82, 2.24) is 19.3 Å². The highest BCUT2D eigenvalue weighted by molar-refractivity contribution is 6.09. The van der Waals surface area contributed by atoms with E-state index in [0.717, 1.165) is 69.1 Å². The van der Waals surface area contributed by atoms with Crippen molar-refractivity contribution in [3.63, 3.8) is 0 Å². The molecule has 3 aromatic carbocycles. The molecule has 6 heteroatoms. The van der Waals surface area contributed by atoms with Gasteiger partial charge >= 0.3 is 0 Å². The second-order valence-electron chi connectivity index (χ2n) is 14.1. The highest BCUT2D eigenvalue weighted by atomic mass is 16.5. The second kappa shape index (κ2) is 12.9. The molecule has 0 bridgehead atoms. The maximum Gasteiger partial charge on any atom is 0.141 e. The Balaban J connectivity index is 1.31. The molecular formula is C43H48N4O2. The Bertz CT molecular complexity index is 2220. The van der Waals surface area contributed by atoms with E-state index in [0.29, 0.717) is 23.7 Å². The number of aryl methyl sites for hydroxylation is 2. The van der Waals surface area contributed by atoms with Gasteiger partial charge in [0.1, 0.15) is 23.1 Å². The van der Waals surface area contributed by atoms with E-state index in [9.17, 15) is 0 Å². The minimum absolute atomic E-state index is 0.368. The van der Waals surface area contributed by atoms with Crippen molar-refractivity contribution in [3.8, 4) is 28.8 Å². The fourth-order valence-corrected chi connectivity index (χ4v) is 8.29. The van der Waals surface area contributed by atoms with Crippen LogP contribution in [0.3, 0.4) is 0 Å². The number of para-hydroxylation sites is 1. The zero-order valence-electron chi connectivity index (χ0n) is 30.3. The van der Waals surface area contributed by atoms with Gasteiger partial charge in [0.25, 0.3) is 0 Å². The molecule has 0 spiro atoms. The summed E-state index contributed by atoms with van der Waals surface area (Å²) in [6.07, 6.45) is 3.79. The van der Waals surface area contributed by atoms with Crippen molar-refractivity contribution in [3.05, 3.63) is 113 Å². The molecule has 0 saturated carbocycles. The Kier molecular flexibility index (Phi) is 8.60. The molecular weight excluding hydrogens is 604 g/mol. The number of methoxy groups -OCH3 is 1. The molecule has 0 radical (unpaired) electrons. The quantitative estimate of drug-likeness (QED) is 0.154. The first kappa shape index (κ1) is 32.7. The lowest BCUT2D eigenvalue weighted by atomic mass is 9.64. The molecule has 0 N–H and O–H groups in total. The summed E-state index contributed by atoms with van der Waals surface area (Å²) in [5.74, 6) is 5.24. The molecule has 0 amide bonds. The molecule has 3 heterocycles. The Morgan fingerprint density at radius 1 is 0.755 bits per heavy atom. The molecule has 1 aliphatic carbocycles. The van der Waals surface area contributed by atoms with E-state index >= 15 is 0 Å². The standard InChI is InChI=1S/C43H48N4O2/c1-10-13-32-20-33(47-31(8)43(30(7)45-47)42-28(5)26(3)25(2)27(4)29(42)6)22-36(21-32)49-35-16-17-38-37-14-11-12-15-39(37)46(40(38)23-35)41-24-34(48-9)18-19-44-41/h11-12,14-26,28,42H,10,13H2,1-9H3/t25-,26+,28+,42?/m1/s1.